The number of nitrogens with two attached hydrogens (primary N) is 2. The highest BCUT2D eigenvalue weighted by Crippen LogP contribution is 2.32. The molecule has 0 aliphatic carbocycles. The van der Waals surface area contributed by atoms with Crippen LogP contribution in [0.3, 0.4) is 0 Å². The number of aromatic nitrogens is 2. The molecule has 4 N–H and O–H groups in total. The Kier molecular flexibility index (Phi) is 3.08. The Labute approximate surface area is 101 Å². The van der Waals surface area contributed by atoms with Gasteiger partial charge in [0.15, 0.2) is 0 Å². The Bertz CT molecular complexity index is 580. The molecule has 0 radical (unpaired) electrons. The maximum atomic E-state index is 12.5. The first-order chi connectivity index (χ1) is 8.41. The van der Waals surface area contributed by atoms with Gasteiger partial charge in [0.2, 0.25) is 0 Å². The van der Waals surface area contributed by atoms with E-state index in [-0.39, 0.29) is 11.2 Å². The van der Waals surface area contributed by atoms with Crippen LogP contribution in [0.2, 0.25) is 0 Å². The summed E-state index contributed by atoms with van der Waals surface area (Å²) in [6.07, 6.45) is -3.97. The van der Waals surface area contributed by atoms with Crippen molar-refractivity contribution in [3.63, 3.8) is 0 Å². The lowest BCUT2D eigenvalue weighted by molar-refractivity contribution is -0.137. The molecule has 0 saturated heterocycles. The summed E-state index contributed by atoms with van der Waals surface area (Å²) < 4.78 is 37.6. The van der Waals surface area contributed by atoms with Gasteiger partial charge in [-0.25, -0.2) is 9.97 Å². The van der Waals surface area contributed by atoms with Crippen molar-refractivity contribution < 1.29 is 13.2 Å². The number of nitrogens with zero attached hydrogens (tertiary/aromatic N) is 2. The summed E-state index contributed by atoms with van der Waals surface area (Å²) in [6, 6.07) is 3.22. The normalized spacial score (nSPS) is 12.0. The van der Waals surface area contributed by atoms with Crippen molar-refractivity contribution in [2.75, 3.05) is 12.3 Å². The van der Waals surface area contributed by atoms with Gasteiger partial charge in [0.25, 0.3) is 0 Å². The standard InChI is InChI=1S/C11H11F3N4/c12-11(13,14)6-1-2-8-7(5-6)10(16)18-9(17-8)3-4-15/h1-2,5H,3-4,15H2,(H2,16,17,18). The lowest BCUT2D eigenvalue weighted by atomic mass is 10.1. The van der Waals surface area contributed by atoms with Gasteiger partial charge in [0.05, 0.1) is 11.1 Å². The lowest BCUT2D eigenvalue weighted by Crippen LogP contribution is -2.09. The highest BCUT2D eigenvalue weighted by Gasteiger charge is 2.30. The van der Waals surface area contributed by atoms with Crippen molar-refractivity contribution in [1.82, 2.24) is 9.97 Å². The average molecular weight is 256 g/mol. The quantitative estimate of drug-likeness (QED) is 0.857. The minimum atomic E-state index is -4.41. The molecule has 0 saturated carbocycles. The van der Waals surface area contributed by atoms with Crippen LogP contribution in [-0.2, 0) is 12.6 Å². The van der Waals surface area contributed by atoms with Crippen LogP contribution in [0.15, 0.2) is 18.2 Å². The van der Waals surface area contributed by atoms with Gasteiger partial charge < -0.3 is 11.5 Å². The minimum absolute atomic E-state index is 0.0366. The fourth-order valence-corrected chi connectivity index (χ4v) is 1.62. The van der Waals surface area contributed by atoms with Gasteiger partial charge in [-0.2, -0.15) is 13.2 Å². The molecule has 0 spiro atoms. The Morgan fingerprint density at radius 1 is 1.17 bits per heavy atom. The molecule has 0 bridgehead atoms. The van der Waals surface area contributed by atoms with E-state index in [0.717, 1.165) is 12.1 Å². The average Bonchev–Trinajstić information content (AvgIpc) is 2.27. The number of nitrogen functional groups attached to an aromatic ring is 1. The van der Waals surface area contributed by atoms with Crippen molar-refractivity contribution in [3.05, 3.63) is 29.6 Å². The van der Waals surface area contributed by atoms with Crippen LogP contribution in [0.1, 0.15) is 11.4 Å². The molecule has 1 aromatic carbocycles. The third-order valence-electron chi connectivity index (χ3n) is 2.47. The molecule has 1 heterocycles. The molecule has 7 heteroatoms. The van der Waals surface area contributed by atoms with Crippen LogP contribution in [-0.4, -0.2) is 16.5 Å². The fourth-order valence-electron chi connectivity index (χ4n) is 1.62. The number of hydrogen-bond donors (Lipinski definition) is 2. The monoisotopic (exact) mass is 256 g/mol. The maximum absolute atomic E-state index is 12.5. The van der Waals surface area contributed by atoms with Crippen LogP contribution < -0.4 is 11.5 Å². The third kappa shape index (κ3) is 2.35. The topological polar surface area (TPSA) is 77.8 Å². The molecule has 18 heavy (non-hydrogen) atoms. The molecule has 2 rings (SSSR count). The molecular formula is C11H11F3N4. The van der Waals surface area contributed by atoms with E-state index in [4.69, 9.17) is 11.5 Å². The molecule has 0 aliphatic heterocycles. The zero-order valence-corrected chi connectivity index (χ0v) is 9.33. The third-order valence-corrected chi connectivity index (χ3v) is 2.47. The molecule has 4 nitrogen and oxygen atoms in total. The summed E-state index contributed by atoms with van der Waals surface area (Å²) in [4.78, 5) is 8.04. The van der Waals surface area contributed by atoms with Crippen molar-refractivity contribution in [3.8, 4) is 0 Å². The molecule has 96 valence electrons. The molecule has 1 aromatic heterocycles. The molecule has 2 aromatic rings. The molecule has 0 aliphatic rings. The summed E-state index contributed by atoms with van der Waals surface area (Å²) in [5, 5.41) is 0.200. The van der Waals surface area contributed by atoms with Gasteiger partial charge >= 0.3 is 6.18 Å². The second kappa shape index (κ2) is 4.41. The van der Waals surface area contributed by atoms with E-state index >= 15 is 0 Å². The summed E-state index contributed by atoms with van der Waals surface area (Å²) in [6.45, 7) is 0.353. The van der Waals surface area contributed by atoms with Crippen molar-refractivity contribution in [1.29, 1.82) is 0 Å². The molecule has 0 fully saturated rings. The largest absolute Gasteiger partial charge is 0.416 e. The van der Waals surface area contributed by atoms with Crippen LogP contribution in [0.25, 0.3) is 10.9 Å². The van der Waals surface area contributed by atoms with E-state index in [2.05, 4.69) is 9.97 Å². The predicted octanol–water partition coefficient (Wildman–Crippen LogP) is 1.73. The highest BCUT2D eigenvalue weighted by atomic mass is 19.4. The minimum Gasteiger partial charge on any atom is -0.383 e. The molecule has 0 atom stereocenters. The Morgan fingerprint density at radius 3 is 2.50 bits per heavy atom. The second-order valence-electron chi connectivity index (χ2n) is 3.79. The SMILES string of the molecule is NCCc1nc(N)c2cc(C(F)(F)F)ccc2n1. The first-order valence-corrected chi connectivity index (χ1v) is 5.25. The number of benzene rings is 1. The molecule has 0 unspecified atom stereocenters. The predicted molar refractivity (Wildman–Crippen MR) is 61.7 cm³/mol. The maximum Gasteiger partial charge on any atom is 0.416 e. The van der Waals surface area contributed by atoms with Gasteiger partial charge in [-0.1, -0.05) is 0 Å². The first kappa shape index (κ1) is 12.6. The number of rotatable bonds is 2. The Hall–Kier alpha value is -1.89. The van der Waals surface area contributed by atoms with Gasteiger partial charge in [-0.3, -0.25) is 0 Å². The summed E-state index contributed by atoms with van der Waals surface area (Å²) in [5.41, 5.74) is 10.6. The van der Waals surface area contributed by atoms with Crippen LogP contribution >= 0.6 is 0 Å². The van der Waals surface area contributed by atoms with E-state index in [0.29, 0.717) is 24.3 Å². The summed E-state index contributed by atoms with van der Waals surface area (Å²) in [7, 11) is 0. The van der Waals surface area contributed by atoms with E-state index < -0.39 is 11.7 Å². The Balaban J connectivity index is 2.58. The van der Waals surface area contributed by atoms with E-state index in [1.54, 1.807) is 0 Å². The van der Waals surface area contributed by atoms with Gasteiger partial charge in [-0.15, -0.1) is 0 Å². The number of alkyl halides is 3. The summed E-state index contributed by atoms with van der Waals surface area (Å²) in [5.74, 6) is 0.469. The lowest BCUT2D eigenvalue weighted by Gasteiger charge is -2.09. The number of anilines is 1. The van der Waals surface area contributed by atoms with Crippen LogP contribution in [0.5, 0.6) is 0 Å². The van der Waals surface area contributed by atoms with Crippen molar-refractivity contribution in [2.45, 2.75) is 12.6 Å². The van der Waals surface area contributed by atoms with Crippen molar-refractivity contribution >= 4 is 16.7 Å². The van der Waals surface area contributed by atoms with Gasteiger partial charge in [-0.05, 0) is 24.7 Å². The number of halogens is 3. The fraction of sp³-hybridized carbons (Fsp3) is 0.273. The molecular weight excluding hydrogens is 245 g/mol. The van der Waals surface area contributed by atoms with Gasteiger partial charge in [0.1, 0.15) is 11.6 Å². The first-order valence-electron chi connectivity index (χ1n) is 5.25. The van der Waals surface area contributed by atoms with Crippen LogP contribution in [0.4, 0.5) is 19.0 Å². The number of fused-ring (bicyclic) bond motifs is 1. The zero-order chi connectivity index (χ0) is 13.3. The number of hydrogen-bond acceptors (Lipinski definition) is 4. The smallest absolute Gasteiger partial charge is 0.383 e. The van der Waals surface area contributed by atoms with Gasteiger partial charge in [0, 0.05) is 11.8 Å². The molecule has 0 amide bonds. The zero-order valence-electron chi connectivity index (χ0n) is 9.33. The highest BCUT2D eigenvalue weighted by molar-refractivity contribution is 5.88. The Morgan fingerprint density at radius 2 is 1.89 bits per heavy atom. The van der Waals surface area contributed by atoms with E-state index in [1.807, 2.05) is 0 Å². The summed E-state index contributed by atoms with van der Waals surface area (Å²) >= 11 is 0. The second-order valence-corrected chi connectivity index (χ2v) is 3.79. The van der Waals surface area contributed by atoms with E-state index in [9.17, 15) is 13.2 Å². The van der Waals surface area contributed by atoms with E-state index in [1.165, 1.54) is 6.07 Å². The van der Waals surface area contributed by atoms with Crippen molar-refractivity contribution in [2.24, 2.45) is 5.73 Å². The van der Waals surface area contributed by atoms with Crippen LogP contribution in [0, 0.1) is 0 Å².